The monoisotopic (exact) mass is 250 g/mol. The summed E-state index contributed by atoms with van der Waals surface area (Å²) in [6.07, 6.45) is 8.21. The second-order valence-corrected chi connectivity index (χ2v) is 5.31. The largest absolute Gasteiger partial charge is 0.356 e. The molecule has 0 saturated heterocycles. The molecule has 0 aromatic carbocycles. The van der Waals surface area contributed by atoms with Gasteiger partial charge in [-0.05, 0) is 26.2 Å². The van der Waals surface area contributed by atoms with Crippen LogP contribution in [0.15, 0.2) is 12.4 Å². The molecule has 100 valence electrons. The number of nitrogens with two attached hydrogens (primary N) is 1. The molecular formula is C13H22N4O. The van der Waals surface area contributed by atoms with Gasteiger partial charge in [-0.2, -0.15) is 0 Å². The molecule has 2 atom stereocenters. The highest BCUT2D eigenvalue weighted by Gasteiger charge is 2.42. The fraction of sp³-hybridized carbons (Fsp3) is 0.692. The molecule has 0 spiro atoms. The Morgan fingerprint density at radius 2 is 2.56 bits per heavy atom. The van der Waals surface area contributed by atoms with Crippen molar-refractivity contribution in [2.75, 3.05) is 6.54 Å². The van der Waals surface area contributed by atoms with Crippen molar-refractivity contribution >= 4 is 5.91 Å². The van der Waals surface area contributed by atoms with Crippen LogP contribution in [0.5, 0.6) is 0 Å². The van der Waals surface area contributed by atoms with Crippen molar-refractivity contribution in [1.82, 2.24) is 15.3 Å². The number of rotatable bonds is 5. The summed E-state index contributed by atoms with van der Waals surface area (Å²) in [5.41, 5.74) is 5.65. The number of hydrogen-bond acceptors (Lipinski definition) is 3. The predicted molar refractivity (Wildman–Crippen MR) is 69.9 cm³/mol. The molecule has 2 rings (SSSR count). The Morgan fingerprint density at radius 3 is 3.17 bits per heavy atom. The second kappa shape index (κ2) is 5.52. The Hall–Kier alpha value is -1.36. The maximum atomic E-state index is 12.1. The lowest BCUT2D eigenvalue weighted by Crippen LogP contribution is -2.47. The molecule has 1 aliphatic carbocycles. The van der Waals surface area contributed by atoms with E-state index >= 15 is 0 Å². The molecule has 2 unspecified atom stereocenters. The number of imidazole rings is 1. The van der Waals surface area contributed by atoms with Crippen molar-refractivity contribution in [2.24, 2.45) is 11.1 Å². The lowest BCUT2D eigenvalue weighted by molar-refractivity contribution is -0.130. The summed E-state index contributed by atoms with van der Waals surface area (Å²) >= 11 is 0. The molecule has 1 aromatic heterocycles. The molecule has 5 heteroatoms. The van der Waals surface area contributed by atoms with Crippen LogP contribution in [0.1, 0.15) is 38.4 Å². The van der Waals surface area contributed by atoms with Gasteiger partial charge in [-0.3, -0.25) is 4.79 Å². The van der Waals surface area contributed by atoms with Gasteiger partial charge in [0.25, 0.3) is 0 Å². The molecule has 1 saturated carbocycles. The van der Waals surface area contributed by atoms with Crippen molar-refractivity contribution < 1.29 is 4.79 Å². The first-order valence-corrected chi connectivity index (χ1v) is 6.65. The van der Waals surface area contributed by atoms with Crippen LogP contribution in [0.25, 0.3) is 0 Å². The van der Waals surface area contributed by atoms with Crippen LogP contribution >= 0.6 is 0 Å². The van der Waals surface area contributed by atoms with E-state index in [1.165, 1.54) is 0 Å². The van der Waals surface area contributed by atoms with E-state index in [4.69, 9.17) is 5.73 Å². The van der Waals surface area contributed by atoms with Gasteiger partial charge in [-0.15, -0.1) is 0 Å². The first kappa shape index (κ1) is 13.1. The predicted octanol–water partition coefficient (Wildman–Crippen LogP) is 0.976. The smallest absolute Gasteiger partial charge is 0.227 e. The summed E-state index contributed by atoms with van der Waals surface area (Å²) in [7, 11) is 0. The maximum absolute atomic E-state index is 12.1. The Kier molecular flexibility index (Phi) is 4.01. The van der Waals surface area contributed by atoms with E-state index in [1.807, 2.05) is 13.1 Å². The zero-order chi connectivity index (χ0) is 13.0. The van der Waals surface area contributed by atoms with Gasteiger partial charge in [0.1, 0.15) is 5.82 Å². The number of H-pyrrole nitrogens is 1. The second-order valence-electron chi connectivity index (χ2n) is 5.31. The summed E-state index contributed by atoms with van der Waals surface area (Å²) in [5, 5.41) is 3.00. The molecule has 1 aromatic rings. The van der Waals surface area contributed by atoms with Crippen LogP contribution < -0.4 is 11.1 Å². The zero-order valence-electron chi connectivity index (χ0n) is 10.9. The molecule has 0 aliphatic heterocycles. The van der Waals surface area contributed by atoms with Crippen molar-refractivity contribution in [1.29, 1.82) is 0 Å². The van der Waals surface area contributed by atoms with Crippen LogP contribution in [-0.2, 0) is 11.2 Å². The van der Waals surface area contributed by atoms with E-state index in [1.54, 1.807) is 6.20 Å². The van der Waals surface area contributed by atoms with Crippen LogP contribution in [0.2, 0.25) is 0 Å². The third kappa shape index (κ3) is 2.72. The molecule has 0 bridgehead atoms. The highest BCUT2D eigenvalue weighted by Crippen LogP contribution is 2.36. The fourth-order valence-electron chi connectivity index (χ4n) is 2.57. The molecular weight excluding hydrogens is 228 g/mol. The molecule has 1 aliphatic rings. The topological polar surface area (TPSA) is 83.8 Å². The van der Waals surface area contributed by atoms with E-state index in [-0.39, 0.29) is 17.4 Å². The molecule has 1 fully saturated rings. The Morgan fingerprint density at radius 1 is 1.72 bits per heavy atom. The highest BCUT2D eigenvalue weighted by atomic mass is 16.2. The third-order valence-electron chi connectivity index (χ3n) is 3.98. The van der Waals surface area contributed by atoms with E-state index in [0.717, 1.165) is 37.9 Å². The summed E-state index contributed by atoms with van der Waals surface area (Å²) in [6.45, 7) is 2.66. The van der Waals surface area contributed by atoms with Crippen LogP contribution in [0.4, 0.5) is 0 Å². The fourth-order valence-corrected chi connectivity index (χ4v) is 2.57. The van der Waals surface area contributed by atoms with Crippen LogP contribution in [0.3, 0.4) is 0 Å². The number of aromatic amines is 1. The number of carbonyl (C=O) groups is 1. The number of aryl methyl sites for hydroxylation is 1. The van der Waals surface area contributed by atoms with Crippen LogP contribution in [0, 0.1) is 5.41 Å². The van der Waals surface area contributed by atoms with Crippen molar-refractivity contribution in [3.63, 3.8) is 0 Å². The first-order chi connectivity index (χ1) is 8.63. The van der Waals surface area contributed by atoms with Crippen molar-refractivity contribution in [3.8, 4) is 0 Å². The maximum Gasteiger partial charge on any atom is 0.227 e. The average molecular weight is 250 g/mol. The number of amides is 1. The summed E-state index contributed by atoms with van der Waals surface area (Å²) in [4.78, 5) is 19.3. The van der Waals surface area contributed by atoms with Crippen molar-refractivity contribution in [3.05, 3.63) is 18.2 Å². The first-order valence-electron chi connectivity index (χ1n) is 6.65. The minimum atomic E-state index is -0.370. The zero-order valence-corrected chi connectivity index (χ0v) is 10.9. The van der Waals surface area contributed by atoms with E-state index in [2.05, 4.69) is 15.3 Å². The third-order valence-corrected chi connectivity index (χ3v) is 3.98. The van der Waals surface area contributed by atoms with E-state index < -0.39 is 0 Å². The van der Waals surface area contributed by atoms with Crippen molar-refractivity contribution in [2.45, 2.75) is 45.1 Å². The molecule has 1 amide bonds. The average Bonchev–Trinajstić information content (AvgIpc) is 2.97. The molecule has 0 radical (unpaired) electrons. The standard InChI is InChI=1S/C13H22N4O/c1-13(6-2-4-10(13)14)12(18)17-7-3-5-11-15-8-9-16-11/h8-10H,2-7,14H2,1H3,(H,15,16)(H,17,18). The lowest BCUT2D eigenvalue weighted by atomic mass is 9.84. The number of nitrogens with one attached hydrogen (secondary N) is 2. The van der Waals surface area contributed by atoms with Gasteiger partial charge in [-0.1, -0.05) is 6.42 Å². The molecule has 18 heavy (non-hydrogen) atoms. The Balaban J connectivity index is 1.72. The molecule has 5 nitrogen and oxygen atoms in total. The lowest BCUT2D eigenvalue weighted by Gasteiger charge is -2.27. The van der Waals surface area contributed by atoms with Gasteiger partial charge in [0.05, 0.1) is 5.41 Å². The minimum absolute atomic E-state index is 0.00238. The number of carbonyl (C=O) groups excluding carboxylic acids is 1. The quantitative estimate of drug-likeness (QED) is 0.681. The Bertz CT molecular complexity index is 390. The summed E-state index contributed by atoms with van der Waals surface area (Å²) < 4.78 is 0. The van der Waals surface area contributed by atoms with Gasteiger partial charge in [0.2, 0.25) is 5.91 Å². The van der Waals surface area contributed by atoms with E-state index in [9.17, 15) is 4.79 Å². The summed E-state index contributed by atoms with van der Waals surface area (Å²) in [5.74, 6) is 1.07. The normalized spacial score (nSPS) is 27.3. The molecule has 1 heterocycles. The Labute approximate surface area is 108 Å². The summed E-state index contributed by atoms with van der Waals surface area (Å²) in [6, 6.07) is 0.00238. The van der Waals surface area contributed by atoms with E-state index in [0.29, 0.717) is 6.54 Å². The highest BCUT2D eigenvalue weighted by molar-refractivity contribution is 5.83. The number of aromatic nitrogens is 2. The SMILES string of the molecule is CC1(C(=O)NCCCc2ncc[nH]2)CCCC1N. The molecule has 4 N–H and O–H groups in total. The van der Waals surface area contributed by atoms with Gasteiger partial charge in [-0.25, -0.2) is 4.98 Å². The van der Waals surface area contributed by atoms with Gasteiger partial charge in [0.15, 0.2) is 0 Å². The van der Waals surface area contributed by atoms with Gasteiger partial charge >= 0.3 is 0 Å². The van der Waals surface area contributed by atoms with Gasteiger partial charge in [0, 0.05) is 31.4 Å². The van der Waals surface area contributed by atoms with Crippen LogP contribution in [-0.4, -0.2) is 28.5 Å². The number of hydrogen-bond donors (Lipinski definition) is 3. The minimum Gasteiger partial charge on any atom is -0.356 e. The van der Waals surface area contributed by atoms with Gasteiger partial charge < -0.3 is 16.0 Å². The number of nitrogens with zero attached hydrogens (tertiary/aromatic N) is 1.